The largest absolute Gasteiger partial charge is 0.322 e. The molecule has 0 unspecified atom stereocenters. The number of anilines is 1. The highest BCUT2D eigenvalue weighted by Crippen LogP contribution is 2.25. The van der Waals surface area contributed by atoms with E-state index in [0.29, 0.717) is 5.56 Å². The highest BCUT2D eigenvalue weighted by atomic mass is 16.1. The molecule has 3 heterocycles. The quantitative estimate of drug-likeness (QED) is 0.561. The Kier molecular flexibility index (Phi) is 4.85. The molecule has 0 radical (unpaired) electrons. The Morgan fingerprint density at radius 2 is 1.87 bits per heavy atom. The molecule has 150 valence electrons. The molecule has 0 fully saturated rings. The van der Waals surface area contributed by atoms with Crippen LogP contribution < -0.4 is 5.32 Å². The fourth-order valence-electron chi connectivity index (χ4n) is 3.82. The third kappa shape index (κ3) is 3.61. The summed E-state index contributed by atoms with van der Waals surface area (Å²) in [5.74, 6) is 1.76. The summed E-state index contributed by atoms with van der Waals surface area (Å²) < 4.78 is 3.97. The lowest BCUT2D eigenvalue weighted by Crippen LogP contribution is -2.12. The van der Waals surface area contributed by atoms with Crippen LogP contribution >= 0.6 is 0 Å². The van der Waals surface area contributed by atoms with E-state index in [1.165, 1.54) is 6.42 Å². The van der Waals surface area contributed by atoms with Crippen molar-refractivity contribution < 1.29 is 4.79 Å². The molecule has 0 saturated carbocycles. The van der Waals surface area contributed by atoms with E-state index in [2.05, 4.69) is 25.2 Å². The van der Waals surface area contributed by atoms with Crippen LogP contribution in [0, 0.1) is 0 Å². The number of nitrogens with one attached hydrogen (secondary N) is 1. The standard InChI is InChI=1S/C23H22N6O/c30-23(17-9-11-20(12-10-17)29-15-5-13-24-29)25-19-7-4-6-18(16-19)22-27-26-21-8-2-1-3-14-28(21)22/h4-7,9-13,15-16H,1-3,8,14H2,(H,25,30). The van der Waals surface area contributed by atoms with E-state index in [1.54, 1.807) is 23.0 Å². The monoisotopic (exact) mass is 398 g/mol. The van der Waals surface area contributed by atoms with Gasteiger partial charge in [0.05, 0.1) is 5.69 Å². The van der Waals surface area contributed by atoms with Gasteiger partial charge in [-0.2, -0.15) is 5.10 Å². The second kappa shape index (κ2) is 7.94. The number of aryl methyl sites for hydroxylation is 1. The molecule has 7 nitrogen and oxygen atoms in total. The summed E-state index contributed by atoms with van der Waals surface area (Å²) in [5, 5.41) is 16.0. The molecule has 1 amide bonds. The van der Waals surface area contributed by atoms with Gasteiger partial charge in [0, 0.05) is 42.2 Å². The molecule has 0 aliphatic carbocycles. The number of fused-ring (bicyclic) bond motifs is 1. The van der Waals surface area contributed by atoms with Crippen LogP contribution in [0.3, 0.4) is 0 Å². The van der Waals surface area contributed by atoms with Crippen molar-refractivity contribution in [2.75, 3.05) is 5.32 Å². The van der Waals surface area contributed by atoms with Crippen LogP contribution in [0.4, 0.5) is 5.69 Å². The second-order valence-electron chi connectivity index (χ2n) is 7.43. The van der Waals surface area contributed by atoms with Gasteiger partial charge in [-0.3, -0.25) is 4.79 Å². The minimum Gasteiger partial charge on any atom is -0.322 e. The highest BCUT2D eigenvalue weighted by molar-refractivity contribution is 6.04. The summed E-state index contributed by atoms with van der Waals surface area (Å²) in [4.78, 5) is 12.7. The van der Waals surface area contributed by atoms with Gasteiger partial charge in [-0.25, -0.2) is 4.68 Å². The fourth-order valence-corrected chi connectivity index (χ4v) is 3.82. The fraction of sp³-hybridized carbons (Fsp3) is 0.217. The Hall–Kier alpha value is -3.74. The predicted molar refractivity (Wildman–Crippen MR) is 115 cm³/mol. The van der Waals surface area contributed by atoms with Gasteiger partial charge in [0.15, 0.2) is 5.82 Å². The zero-order chi connectivity index (χ0) is 20.3. The number of hydrogen-bond acceptors (Lipinski definition) is 4. The van der Waals surface area contributed by atoms with Crippen molar-refractivity contribution in [2.24, 2.45) is 0 Å². The van der Waals surface area contributed by atoms with E-state index >= 15 is 0 Å². The molecule has 7 heteroatoms. The SMILES string of the molecule is O=C(Nc1cccc(-c2nnc3n2CCCCC3)c1)c1ccc(-n2cccn2)cc1. The van der Waals surface area contributed by atoms with Crippen LogP contribution in [0.5, 0.6) is 0 Å². The number of rotatable bonds is 4. The van der Waals surface area contributed by atoms with Crippen molar-refractivity contribution in [3.05, 3.63) is 78.4 Å². The molecule has 1 N–H and O–H groups in total. The molecule has 1 aliphatic rings. The molecule has 4 aromatic rings. The zero-order valence-electron chi connectivity index (χ0n) is 16.5. The van der Waals surface area contributed by atoms with Crippen molar-refractivity contribution in [1.29, 1.82) is 0 Å². The number of benzene rings is 2. The molecular formula is C23H22N6O. The first kappa shape index (κ1) is 18.3. The van der Waals surface area contributed by atoms with Crippen LogP contribution in [0.1, 0.15) is 35.4 Å². The third-order valence-corrected chi connectivity index (χ3v) is 5.39. The van der Waals surface area contributed by atoms with Crippen molar-refractivity contribution >= 4 is 11.6 Å². The molecule has 30 heavy (non-hydrogen) atoms. The Morgan fingerprint density at radius 1 is 0.967 bits per heavy atom. The molecule has 0 saturated heterocycles. The molecule has 2 aromatic carbocycles. The summed E-state index contributed by atoms with van der Waals surface area (Å²) in [5.41, 5.74) is 3.20. The van der Waals surface area contributed by atoms with Gasteiger partial charge in [0.2, 0.25) is 0 Å². The van der Waals surface area contributed by atoms with E-state index in [9.17, 15) is 4.79 Å². The third-order valence-electron chi connectivity index (χ3n) is 5.39. The van der Waals surface area contributed by atoms with Crippen LogP contribution in [-0.2, 0) is 13.0 Å². The minimum absolute atomic E-state index is 0.153. The van der Waals surface area contributed by atoms with Crippen molar-refractivity contribution in [1.82, 2.24) is 24.5 Å². The summed E-state index contributed by atoms with van der Waals surface area (Å²) in [6, 6.07) is 17.0. The Balaban J connectivity index is 1.35. The van der Waals surface area contributed by atoms with Gasteiger partial charge < -0.3 is 9.88 Å². The van der Waals surface area contributed by atoms with Gasteiger partial charge in [-0.1, -0.05) is 18.6 Å². The summed E-state index contributed by atoms with van der Waals surface area (Å²) in [7, 11) is 0. The van der Waals surface area contributed by atoms with E-state index < -0.39 is 0 Å². The van der Waals surface area contributed by atoms with Crippen molar-refractivity contribution in [3.8, 4) is 17.1 Å². The average molecular weight is 398 g/mol. The van der Waals surface area contributed by atoms with Gasteiger partial charge in [-0.15, -0.1) is 10.2 Å². The van der Waals surface area contributed by atoms with E-state index in [1.807, 2.05) is 48.7 Å². The van der Waals surface area contributed by atoms with E-state index in [4.69, 9.17) is 0 Å². The lowest BCUT2D eigenvalue weighted by molar-refractivity contribution is 0.102. The molecule has 5 rings (SSSR count). The maximum atomic E-state index is 12.7. The van der Waals surface area contributed by atoms with Crippen LogP contribution in [-0.4, -0.2) is 30.5 Å². The molecular weight excluding hydrogens is 376 g/mol. The van der Waals surface area contributed by atoms with Crippen molar-refractivity contribution in [2.45, 2.75) is 32.2 Å². The number of hydrogen-bond donors (Lipinski definition) is 1. The minimum atomic E-state index is -0.153. The number of carbonyl (C=O) groups excluding carboxylic acids is 1. The first-order chi connectivity index (χ1) is 14.8. The van der Waals surface area contributed by atoms with Gasteiger partial charge >= 0.3 is 0 Å². The predicted octanol–water partition coefficient (Wildman–Crippen LogP) is 4.11. The molecule has 0 bridgehead atoms. The van der Waals surface area contributed by atoms with E-state index in [0.717, 1.165) is 54.4 Å². The summed E-state index contributed by atoms with van der Waals surface area (Å²) in [6.07, 6.45) is 8.08. The normalized spacial score (nSPS) is 13.5. The first-order valence-corrected chi connectivity index (χ1v) is 10.2. The lowest BCUT2D eigenvalue weighted by Gasteiger charge is -2.10. The summed E-state index contributed by atoms with van der Waals surface area (Å²) >= 11 is 0. The lowest BCUT2D eigenvalue weighted by atomic mass is 10.1. The van der Waals surface area contributed by atoms with Gasteiger partial charge in [0.1, 0.15) is 5.82 Å². The number of nitrogens with zero attached hydrogens (tertiary/aromatic N) is 5. The Morgan fingerprint density at radius 3 is 2.70 bits per heavy atom. The molecule has 1 aliphatic heterocycles. The van der Waals surface area contributed by atoms with Gasteiger partial charge in [-0.05, 0) is 55.3 Å². The molecule has 0 spiro atoms. The maximum absolute atomic E-state index is 12.7. The van der Waals surface area contributed by atoms with Crippen LogP contribution in [0.15, 0.2) is 67.0 Å². The summed E-state index contributed by atoms with van der Waals surface area (Å²) in [6.45, 7) is 0.941. The Bertz CT molecular complexity index is 1160. The topological polar surface area (TPSA) is 77.6 Å². The van der Waals surface area contributed by atoms with Gasteiger partial charge in [0.25, 0.3) is 5.91 Å². The number of amides is 1. The molecule has 2 aromatic heterocycles. The average Bonchev–Trinajstić information content (AvgIpc) is 3.40. The second-order valence-corrected chi connectivity index (χ2v) is 7.43. The maximum Gasteiger partial charge on any atom is 0.255 e. The Labute approximate surface area is 174 Å². The van der Waals surface area contributed by atoms with Crippen LogP contribution in [0.25, 0.3) is 17.1 Å². The first-order valence-electron chi connectivity index (χ1n) is 10.2. The van der Waals surface area contributed by atoms with E-state index in [-0.39, 0.29) is 5.91 Å². The van der Waals surface area contributed by atoms with Crippen LogP contribution in [0.2, 0.25) is 0 Å². The molecule has 0 atom stereocenters. The van der Waals surface area contributed by atoms with Crippen molar-refractivity contribution in [3.63, 3.8) is 0 Å². The number of aromatic nitrogens is 5. The number of carbonyl (C=O) groups is 1. The zero-order valence-corrected chi connectivity index (χ0v) is 16.5. The highest BCUT2D eigenvalue weighted by Gasteiger charge is 2.16. The smallest absolute Gasteiger partial charge is 0.255 e.